The molecule has 1 aromatic heterocycles. The normalized spacial score (nSPS) is 17.3. The number of piperidine rings is 1. The van der Waals surface area contributed by atoms with Gasteiger partial charge in [0.15, 0.2) is 0 Å². The van der Waals surface area contributed by atoms with Gasteiger partial charge in [-0.1, -0.05) is 19.9 Å². The number of carbonyl (C=O) groups excluding carboxylic acids is 2. The van der Waals surface area contributed by atoms with Crippen LogP contribution in [0.4, 0.5) is 0 Å². The van der Waals surface area contributed by atoms with Gasteiger partial charge in [-0.25, -0.2) is 0 Å². The zero-order chi connectivity index (χ0) is 16.8. The Morgan fingerprint density at radius 3 is 2.61 bits per heavy atom. The third-order valence-corrected chi connectivity index (χ3v) is 4.75. The van der Waals surface area contributed by atoms with Crippen LogP contribution < -0.4 is 5.32 Å². The number of hydrogen-bond donors (Lipinski definition) is 1. The van der Waals surface area contributed by atoms with E-state index in [2.05, 4.69) is 19.2 Å². The molecule has 0 spiro atoms. The topological polar surface area (TPSA) is 58.6 Å². The van der Waals surface area contributed by atoms with E-state index >= 15 is 0 Å². The van der Waals surface area contributed by atoms with Gasteiger partial charge in [-0.2, -0.15) is 0 Å². The van der Waals surface area contributed by atoms with Crippen LogP contribution in [0.2, 0.25) is 0 Å². The van der Waals surface area contributed by atoms with E-state index < -0.39 is 6.04 Å². The summed E-state index contributed by atoms with van der Waals surface area (Å²) in [5.74, 6) is 0.329. The van der Waals surface area contributed by atoms with Crippen molar-refractivity contribution < 1.29 is 14.3 Å². The Morgan fingerprint density at radius 2 is 2.04 bits per heavy atom. The lowest BCUT2D eigenvalue weighted by atomic mass is 10.1. The average molecular weight is 338 g/mol. The van der Waals surface area contributed by atoms with Gasteiger partial charge < -0.3 is 15.0 Å². The van der Waals surface area contributed by atoms with Crippen LogP contribution in [0.1, 0.15) is 43.3 Å². The fraction of sp³-hybridized carbons (Fsp3) is 0.647. The number of likely N-dealkylation sites (tertiary alicyclic amines) is 1. The van der Waals surface area contributed by atoms with Crippen molar-refractivity contribution >= 4 is 23.2 Å². The molecule has 2 heterocycles. The quantitative estimate of drug-likeness (QED) is 0.867. The summed E-state index contributed by atoms with van der Waals surface area (Å²) in [6, 6.07) is 3.08. The molecular formula is C17H26N2O3S. The zero-order valence-corrected chi connectivity index (χ0v) is 14.9. The molecule has 2 rings (SSSR count). The smallest absolute Gasteiger partial charge is 0.261 e. The molecule has 1 aliphatic heterocycles. The minimum atomic E-state index is -0.502. The van der Waals surface area contributed by atoms with Gasteiger partial charge in [0.1, 0.15) is 6.04 Å². The molecule has 0 aromatic carbocycles. The molecule has 5 nitrogen and oxygen atoms in total. The molecule has 0 saturated carbocycles. The van der Waals surface area contributed by atoms with E-state index in [9.17, 15) is 9.59 Å². The van der Waals surface area contributed by atoms with Crippen molar-refractivity contribution in [2.45, 2.75) is 45.8 Å². The Bertz CT molecular complexity index is 508. The Morgan fingerprint density at radius 1 is 1.35 bits per heavy atom. The third-order valence-electron chi connectivity index (χ3n) is 3.88. The summed E-state index contributed by atoms with van der Waals surface area (Å²) >= 11 is 1.37. The number of hydrogen-bond acceptors (Lipinski definition) is 4. The summed E-state index contributed by atoms with van der Waals surface area (Å²) in [7, 11) is 0. The fourth-order valence-electron chi connectivity index (χ4n) is 2.58. The van der Waals surface area contributed by atoms with Gasteiger partial charge >= 0.3 is 0 Å². The minimum absolute atomic E-state index is 0.0165. The maximum atomic E-state index is 12.4. The van der Waals surface area contributed by atoms with Gasteiger partial charge in [-0.05, 0) is 37.1 Å². The number of nitrogens with zero attached hydrogens (tertiary/aromatic N) is 1. The van der Waals surface area contributed by atoms with E-state index in [4.69, 9.17) is 4.74 Å². The first-order valence-corrected chi connectivity index (χ1v) is 9.10. The third kappa shape index (κ3) is 5.32. The average Bonchev–Trinajstić information content (AvgIpc) is 3.07. The first kappa shape index (κ1) is 17.9. The van der Waals surface area contributed by atoms with E-state index in [0.717, 1.165) is 19.4 Å². The van der Waals surface area contributed by atoms with E-state index in [-0.39, 0.29) is 17.9 Å². The van der Waals surface area contributed by atoms with Crippen molar-refractivity contribution in [1.82, 2.24) is 10.2 Å². The van der Waals surface area contributed by atoms with Crippen LogP contribution >= 0.6 is 11.3 Å². The number of nitrogens with one attached hydrogen (secondary N) is 1. The molecule has 6 heteroatoms. The van der Waals surface area contributed by atoms with Gasteiger partial charge in [0.05, 0.1) is 11.0 Å². The van der Waals surface area contributed by atoms with E-state index in [1.807, 2.05) is 16.3 Å². The highest BCUT2D eigenvalue weighted by atomic mass is 32.1. The van der Waals surface area contributed by atoms with Crippen LogP contribution in [0.3, 0.4) is 0 Å². The van der Waals surface area contributed by atoms with E-state index in [1.165, 1.54) is 11.3 Å². The Balaban J connectivity index is 1.76. The van der Waals surface area contributed by atoms with Gasteiger partial charge in [0, 0.05) is 19.7 Å². The second-order valence-electron chi connectivity index (χ2n) is 6.42. The van der Waals surface area contributed by atoms with Gasteiger partial charge in [-0.15, -0.1) is 11.3 Å². The standard InChI is InChI=1S/C17H26N2O3S/c1-12(2)11-22-14-6-8-19(9-7-14)17(21)13(3)18-16(20)15-5-4-10-23-15/h4-5,10,12-14H,6-9,11H2,1-3H3,(H,18,20). The molecule has 23 heavy (non-hydrogen) atoms. The fourth-order valence-corrected chi connectivity index (χ4v) is 3.21. The largest absolute Gasteiger partial charge is 0.378 e. The molecule has 1 fully saturated rings. The van der Waals surface area contributed by atoms with Gasteiger partial charge in [0.2, 0.25) is 5.91 Å². The molecule has 0 bridgehead atoms. The molecule has 1 aliphatic rings. The number of ether oxygens (including phenoxy) is 1. The highest BCUT2D eigenvalue weighted by Crippen LogP contribution is 2.16. The molecule has 0 aliphatic carbocycles. The maximum Gasteiger partial charge on any atom is 0.261 e. The predicted molar refractivity (Wildman–Crippen MR) is 91.6 cm³/mol. The molecule has 1 aromatic rings. The molecule has 128 valence electrons. The van der Waals surface area contributed by atoms with Crippen LogP contribution in [0.25, 0.3) is 0 Å². The minimum Gasteiger partial charge on any atom is -0.378 e. The van der Waals surface area contributed by atoms with Crippen molar-refractivity contribution in [3.63, 3.8) is 0 Å². The molecule has 2 amide bonds. The Labute approximate surface area is 142 Å². The summed E-state index contributed by atoms with van der Waals surface area (Å²) in [4.78, 5) is 26.9. The lowest BCUT2D eigenvalue weighted by Gasteiger charge is -2.33. The van der Waals surface area contributed by atoms with Crippen molar-refractivity contribution in [3.8, 4) is 0 Å². The number of rotatable bonds is 6. The number of amides is 2. The second kappa shape index (κ2) is 8.45. The monoisotopic (exact) mass is 338 g/mol. The maximum absolute atomic E-state index is 12.4. The molecular weight excluding hydrogens is 312 g/mol. The van der Waals surface area contributed by atoms with Crippen LogP contribution in [0, 0.1) is 5.92 Å². The molecule has 1 saturated heterocycles. The summed E-state index contributed by atoms with van der Waals surface area (Å²) in [6.45, 7) is 8.18. The highest BCUT2D eigenvalue weighted by Gasteiger charge is 2.27. The van der Waals surface area contributed by atoms with E-state index in [0.29, 0.717) is 23.9 Å². The summed E-state index contributed by atoms with van der Waals surface area (Å²) in [6.07, 6.45) is 1.98. The van der Waals surface area contributed by atoms with Crippen molar-refractivity contribution in [3.05, 3.63) is 22.4 Å². The highest BCUT2D eigenvalue weighted by molar-refractivity contribution is 7.12. The molecule has 1 N–H and O–H groups in total. The van der Waals surface area contributed by atoms with E-state index in [1.54, 1.807) is 13.0 Å². The van der Waals surface area contributed by atoms with Gasteiger partial charge in [-0.3, -0.25) is 9.59 Å². The summed E-state index contributed by atoms with van der Waals surface area (Å²) in [5.41, 5.74) is 0. The molecule has 1 unspecified atom stereocenters. The van der Waals surface area contributed by atoms with Crippen molar-refractivity contribution in [1.29, 1.82) is 0 Å². The zero-order valence-electron chi connectivity index (χ0n) is 14.1. The van der Waals surface area contributed by atoms with Crippen LogP contribution in [0.15, 0.2) is 17.5 Å². The lowest BCUT2D eigenvalue weighted by molar-refractivity contribution is -0.135. The Kier molecular flexibility index (Phi) is 6.59. The second-order valence-corrected chi connectivity index (χ2v) is 7.37. The summed E-state index contributed by atoms with van der Waals surface area (Å²) < 4.78 is 5.84. The van der Waals surface area contributed by atoms with Gasteiger partial charge in [0.25, 0.3) is 5.91 Å². The summed E-state index contributed by atoms with van der Waals surface area (Å²) in [5, 5.41) is 4.63. The van der Waals surface area contributed by atoms with Crippen LogP contribution in [-0.2, 0) is 9.53 Å². The predicted octanol–water partition coefficient (Wildman–Crippen LogP) is 2.53. The SMILES string of the molecule is CC(C)COC1CCN(C(=O)C(C)NC(=O)c2cccs2)CC1. The van der Waals surface area contributed by atoms with Crippen LogP contribution in [-0.4, -0.2) is 48.6 Å². The lowest BCUT2D eigenvalue weighted by Crippen LogP contribution is -2.50. The number of carbonyl (C=O) groups is 2. The van der Waals surface area contributed by atoms with Crippen molar-refractivity contribution in [2.75, 3.05) is 19.7 Å². The first-order chi connectivity index (χ1) is 11.0. The van der Waals surface area contributed by atoms with Crippen molar-refractivity contribution in [2.24, 2.45) is 5.92 Å². The number of thiophene rings is 1. The molecule has 0 radical (unpaired) electrons. The Hall–Kier alpha value is -1.40. The van der Waals surface area contributed by atoms with Crippen LogP contribution in [0.5, 0.6) is 0 Å². The first-order valence-electron chi connectivity index (χ1n) is 8.22. The molecule has 1 atom stereocenters.